The average Bonchev–Trinajstić information content (AvgIpc) is 0.939. The van der Waals surface area contributed by atoms with Crippen molar-refractivity contribution in [3.8, 4) is 0 Å². The molecular weight excluding hydrogens is 1330 g/mol. The van der Waals surface area contributed by atoms with Crippen LogP contribution in [0.1, 0.15) is 297 Å². The monoisotopic (exact) mass is 1470 g/mol. The summed E-state index contributed by atoms with van der Waals surface area (Å²) in [5.74, 6) is -2.30. The van der Waals surface area contributed by atoms with E-state index in [1.165, 1.54) is 38.5 Å². The van der Waals surface area contributed by atoms with Crippen molar-refractivity contribution >= 4 is 39.5 Å². The summed E-state index contributed by atoms with van der Waals surface area (Å²) in [6.07, 6.45) is 84.2. The molecule has 102 heavy (non-hydrogen) atoms. The first-order chi connectivity index (χ1) is 49.7. The van der Waals surface area contributed by atoms with Gasteiger partial charge in [-0.05, 0) is 128 Å². The zero-order valence-corrected chi connectivity index (χ0v) is 65.3. The maximum atomic E-state index is 13.1. The summed E-state index contributed by atoms with van der Waals surface area (Å²) in [5, 5.41) is 10.6. The van der Waals surface area contributed by atoms with Crippen molar-refractivity contribution in [3.05, 3.63) is 146 Å². The van der Waals surface area contributed by atoms with Crippen molar-refractivity contribution in [1.29, 1.82) is 0 Å². The van der Waals surface area contributed by atoms with Crippen LogP contribution in [0.2, 0.25) is 0 Å². The molecular formula is C83H138O17P2. The molecule has 19 heteroatoms. The number of ether oxygens (including phenoxy) is 4. The van der Waals surface area contributed by atoms with Crippen LogP contribution in [0.3, 0.4) is 0 Å². The third-order valence-electron chi connectivity index (χ3n) is 15.8. The molecule has 0 rings (SSSR count). The molecule has 0 bridgehead atoms. The van der Waals surface area contributed by atoms with Gasteiger partial charge < -0.3 is 33.8 Å². The number of allylic oxidation sites excluding steroid dienone is 24. The molecule has 5 atom stereocenters. The number of hydrogen-bond acceptors (Lipinski definition) is 15. The lowest BCUT2D eigenvalue weighted by molar-refractivity contribution is -0.161. The lowest BCUT2D eigenvalue weighted by Gasteiger charge is -2.21. The minimum atomic E-state index is -5.00. The number of rotatable bonds is 72. The molecule has 0 radical (unpaired) electrons. The summed E-state index contributed by atoms with van der Waals surface area (Å²) < 4.78 is 68.4. The third kappa shape index (κ3) is 73.3. The average molecular weight is 1470 g/mol. The van der Waals surface area contributed by atoms with Gasteiger partial charge in [0.25, 0.3) is 0 Å². The van der Waals surface area contributed by atoms with Gasteiger partial charge in [-0.3, -0.25) is 37.3 Å². The molecule has 0 saturated heterocycles. The van der Waals surface area contributed by atoms with Gasteiger partial charge in [-0.2, -0.15) is 0 Å². The zero-order chi connectivity index (χ0) is 74.6. The molecule has 5 unspecified atom stereocenters. The highest BCUT2D eigenvalue weighted by Gasteiger charge is 2.30. The first-order valence-corrected chi connectivity index (χ1v) is 42.1. The molecule has 0 aromatic heterocycles. The molecule has 0 aliphatic carbocycles. The van der Waals surface area contributed by atoms with E-state index in [4.69, 9.17) is 37.0 Å². The summed E-state index contributed by atoms with van der Waals surface area (Å²) in [7, 11) is -9.98. The molecule has 0 heterocycles. The lowest BCUT2D eigenvalue weighted by Crippen LogP contribution is -2.30. The van der Waals surface area contributed by atoms with Crippen LogP contribution in [0.15, 0.2) is 146 Å². The standard InChI is InChI=1S/C83H138O17P2/c1-5-9-13-17-21-25-29-32-35-37-38-40-43-45-49-52-56-60-64-68-81(86)94-74-79(100-83(88)70-66-62-58-54-50-46-41-34-31-27-23-19-15-11-7-3)76-98-102(91,92)96-72-77(84)71-95-101(89,90)97-75-78(99-82(87)69-65-61-57-53-47-28-24-20-16-12-8-4)73-93-80(85)67-63-59-55-51-48-44-42-39-36-33-30-26-22-18-14-10-6-2/h9-11,13-15,21-23,25-27,32-36,38,40-41,45,49,56,60,77-79,84H,5-8,12,16-20,24,28-31,37,39,42-44,46-48,50-55,57-59,61-76H2,1-4H3,(H,89,90)(H,91,92)/b13-9-,14-10-,15-11-,25-21-,26-22-,27-23-,35-32-,36-33-,40-38-,41-34-,49-45-,60-56-. The fourth-order valence-electron chi connectivity index (χ4n) is 9.98. The number of hydrogen-bond donors (Lipinski definition) is 3. The van der Waals surface area contributed by atoms with Gasteiger partial charge in [0.1, 0.15) is 19.3 Å². The second-order valence-corrected chi connectivity index (χ2v) is 28.4. The normalized spacial score (nSPS) is 14.7. The summed E-state index contributed by atoms with van der Waals surface area (Å²) in [5.41, 5.74) is 0. The quantitative estimate of drug-likeness (QED) is 0.0169. The maximum Gasteiger partial charge on any atom is 0.472 e. The highest BCUT2D eigenvalue weighted by atomic mass is 31.2. The predicted molar refractivity (Wildman–Crippen MR) is 417 cm³/mol. The number of aliphatic hydroxyl groups excluding tert-OH is 1. The minimum absolute atomic E-state index is 0.0285. The number of esters is 4. The Labute approximate surface area is 617 Å². The summed E-state index contributed by atoms with van der Waals surface area (Å²) >= 11 is 0. The van der Waals surface area contributed by atoms with E-state index in [2.05, 4.69) is 155 Å². The topological polar surface area (TPSA) is 237 Å². The van der Waals surface area contributed by atoms with Crippen molar-refractivity contribution in [2.75, 3.05) is 39.6 Å². The Hall–Kier alpha value is -5.06. The van der Waals surface area contributed by atoms with Crippen LogP contribution in [0.25, 0.3) is 0 Å². The van der Waals surface area contributed by atoms with Crippen molar-refractivity contribution in [3.63, 3.8) is 0 Å². The summed E-state index contributed by atoms with van der Waals surface area (Å²) in [6, 6.07) is 0. The van der Waals surface area contributed by atoms with Crippen LogP contribution in [0.5, 0.6) is 0 Å². The van der Waals surface area contributed by atoms with Crippen LogP contribution < -0.4 is 0 Å². The Bertz CT molecular complexity index is 2510. The molecule has 0 spiro atoms. The van der Waals surface area contributed by atoms with Gasteiger partial charge in [0.2, 0.25) is 0 Å². The zero-order valence-electron chi connectivity index (χ0n) is 63.5. The molecule has 0 aromatic rings. The number of phosphoric ester groups is 2. The fraction of sp³-hybridized carbons (Fsp3) is 0.663. The molecule has 0 aliphatic rings. The van der Waals surface area contributed by atoms with Crippen LogP contribution >= 0.6 is 15.6 Å². The van der Waals surface area contributed by atoms with E-state index in [9.17, 15) is 43.2 Å². The number of aliphatic hydroxyl groups is 1. The van der Waals surface area contributed by atoms with Gasteiger partial charge in [-0.1, -0.05) is 289 Å². The van der Waals surface area contributed by atoms with Crippen molar-refractivity contribution in [2.45, 2.75) is 316 Å². The van der Waals surface area contributed by atoms with Crippen molar-refractivity contribution < 1.29 is 80.2 Å². The van der Waals surface area contributed by atoms with E-state index >= 15 is 0 Å². The van der Waals surface area contributed by atoms with Crippen LogP contribution in [-0.4, -0.2) is 96.7 Å². The van der Waals surface area contributed by atoms with Gasteiger partial charge in [-0.15, -0.1) is 0 Å². The van der Waals surface area contributed by atoms with Gasteiger partial charge >= 0.3 is 39.5 Å². The highest BCUT2D eigenvalue weighted by Crippen LogP contribution is 2.45. The Morgan fingerprint density at radius 1 is 0.284 bits per heavy atom. The van der Waals surface area contributed by atoms with Gasteiger partial charge in [0.05, 0.1) is 26.4 Å². The summed E-state index contributed by atoms with van der Waals surface area (Å²) in [4.78, 5) is 72.9. The third-order valence-corrected chi connectivity index (χ3v) is 17.7. The number of phosphoric acid groups is 2. The SMILES string of the molecule is CC/C=C\C/C=C\C/C=C\C/C=C\C/C=C\C/C=C\CCC(=O)OCC(COP(=O)(O)OCC(O)COP(=O)(O)OCC(COC(=O)CCCCCCCCC/C=C\C/C=C\C/C=C\CC)OC(=O)CCCCCCCCCCCCC)OC(=O)CCCCCCC/C=C\C/C=C\C/C=C\CC. The lowest BCUT2D eigenvalue weighted by atomic mass is 10.1. The molecule has 0 aliphatic heterocycles. The molecule has 3 N–H and O–H groups in total. The van der Waals surface area contributed by atoms with Gasteiger partial charge in [-0.25, -0.2) is 9.13 Å². The maximum absolute atomic E-state index is 13.1. The number of carbonyl (C=O) groups is 4. The Morgan fingerprint density at radius 3 is 0.843 bits per heavy atom. The van der Waals surface area contributed by atoms with Crippen LogP contribution in [-0.2, 0) is 65.4 Å². The van der Waals surface area contributed by atoms with Crippen molar-refractivity contribution in [1.82, 2.24) is 0 Å². The second-order valence-electron chi connectivity index (χ2n) is 25.5. The van der Waals surface area contributed by atoms with E-state index in [0.717, 1.165) is 173 Å². The first-order valence-electron chi connectivity index (χ1n) is 39.1. The van der Waals surface area contributed by atoms with Crippen molar-refractivity contribution in [2.24, 2.45) is 0 Å². The molecule has 0 saturated carbocycles. The molecule has 582 valence electrons. The van der Waals surface area contributed by atoms with Crippen LogP contribution in [0.4, 0.5) is 0 Å². The van der Waals surface area contributed by atoms with Crippen LogP contribution in [0, 0.1) is 0 Å². The van der Waals surface area contributed by atoms with E-state index in [1.807, 2.05) is 18.2 Å². The fourth-order valence-corrected chi connectivity index (χ4v) is 11.6. The predicted octanol–water partition coefficient (Wildman–Crippen LogP) is 22.7. The van der Waals surface area contributed by atoms with E-state index in [-0.39, 0.29) is 25.7 Å². The first kappa shape index (κ1) is 96.9. The Morgan fingerprint density at radius 2 is 0.529 bits per heavy atom. The Kier molecular flexibility index (Phi) is 70.5. The second kappa shape index (κ2) is 74.2. The summed E-state index contributed by atoms with van der Waals surface area (Å²) in [6.45, 7) is 4.41. The van der Waals surface area contributed by atoms with E-state index in [1.54, 1.807) is 0 Å². The Balaban J connectivity index is 5.41. The van der Waals surface area contributed by atoms with Gasteiger partial charge in [0, 0.05) is 25.7 Å². The molecule has 17 nitrogen and oxygen atoms in total. The largest absolute Gasteiger partial charge is 0.472 e. The molecule has 0 aromatic carbocycles. The van der Waals surface area contributed by atoms with E-state index in [0.29, 0.717) is 32.1 Å². The minimum Gasteiger partial charge on any atom is -0.462 e. The number of unbranched alkanes of at least 4 members (excludes halogenated alkanes) is 22. The number of carbonyl (C=O) groups excluding carboxylic acids is 4. The smallest absolute Gasteiger partial charge is 0.462 e. The molecule has 0 fully saturated rings. The highest BCUT2D eigenvalue weighted by molar-refractivity contribution is 7.47. The molecule has 0 amide bonds. The van der Waals surface area contributed by atoms with Gasteiger partial charge in [0.15, 0.2) is 12.2 Å². The van der Waals surface area contributed by atoms with E-state index < -0.39 is 97.5 Å².